The van der Waals surface area contributed by atoms with Crippen molar-refractivity contribution in [3.63, 3.8) is 0 Å². The highest BCUT2D eigenvalue weighted by Gasteiger charge is 2.45. The molecule has 1 saturated carbocycles. The van der Waals surface area contributed by atoms with Gasteiger partial charge in [-0.25, -0.2) is 4.72 Å². The van der Waals surface area contributed by atoms with Crippen molar-refractivity contribution in [3.05, 3.63) is 0 Å². The normalized spacial score (nSPS) is 22.7. The van der Waals surface area contributed by atoms with Crippen LogP contribution in [0.5, 0.6) is 0 Å². The van der Waals surface area contributed by atoms with E-state index in [-0.39, 0.29) is 18.4 Å². The first kappa shape index (κ1) is 14.4. The van der Waals surface area contributed by atoms with Gasteiger partial charge in [-0.1, -0.05) is 13.8 Å². The van der Waals surface area contributed by atoms with Gasteiger partial charge in [0.2, 0.25) is 0 Å². The Bertz CT molecular complexity index is 391. The molecule has 0 aliphatic heterocycles. The number of aliphatic carboxylic acids is 1. The SMILES string of the molecule is CN(CCC(=O)O)S(=O)(=O)NCC1CC1(C)C. The van der Waals surface area contributed by atoms with Crippen LogP contribution in [0.2, 0.25) is 0 Å². The number of carbonyl (C=O) groups is 1. The Kier molecular flexibility index (Phi) is 4.16. The van der Waals surface area contributed by atoms with Crippen LogP contribution in [0.3, 0.4) is 0 Å². The number of nitrogens with zero attached hydrogens (tertiary/aromatic N) is 1. The van der Waals surface area contributed by atoms with Crippen molar-refractivity contribution in [2.45, 2.75) is 26.7 Å². The highest BCUT2D eigenvalue weighted by molar-refractivity contribution is 7.87. The number of hydrogen-bond acceptors (Lipinski definition) is 3. The van der Waals surface area contributed by atoms with Crippen LogP contribution in [0.25, 0.3) is 0 Å². The first-order chi connectivity index (χ1) is 7.65. The zero-order valence-corrected chi connectivity index (χ0v) is 11.2. The summed E-state index contributed by atoms with van der Waals surface area (Å²) in [7, 11) is -2.16. The molecule has 1 aliphatic rings. The van der Waals surface area contributed by atoms with Gasteiger partial charge in [-0.15, -0.1) is 0 Å². The monoisotopic (exact) mass is 264 g/mol. The lowest BCUT2D eigenvalue weighted by molar-refractivity contribution is -0.137. The molecule has 0 spiro atoms. The van der Waals surface area contributed by atoms with Gasteiger partial charge in [0.25, 0.3) is 10.2 Å². The van der Waals surface area contributed by atoms with E-state index in [1.807, 2.05) is 0 Å². The molecule has 0 saturated heterocycles. The Morgan fingerprint density at radius 2 is 2.06 bits per heavy atom. The van der Waals surface area contributed by atoms with E-state index in [0.717, 1.165) is 10.7 Å². The second-order valence-corrected chi connectivity index (χ2v) is 7.07. The molecule has 1 unspecified atom stereocenters. The molecular formula is C10H20N2O4S. The summed E-state index contributed by atoms with van der Waals surface area (Å²) in [4.78, 5) is 10.4. The second-order valence-electron chi connectivity index (χ2n) is 5.21. The fraction of sp³-hybridized carbons (Fsp3) is 0.900. The van der Waals surface area contributed by atoms with Crippen LogP contribution in [0.1, 0.15) is 26.7 Å². The van der Waals surface area contributed by atoms with Gasteiger partial charge in [-0.2, -0.15) is 12.7 Å². The third-order valence-corrected chi connectivity index (χ3v) is 4.82. The van der Waals surface area contributed by atoms with Crippen molar-refractivity contribution in [1.82, 2.24) is 9.03 Å². The van der Waals surface area contributed by atoms with E-state index in [9.17, 15) is 13.2 Å². The number of hydrogen-bond donors (Lipinski definition) is 2. The van der Waals surface area contributed by atoms with Gasteiger partial charge in [0.1, 0.15) is 0 Å². The van der Waals surface area contributed by atoms with Crippen molar-refractivity contribution in [3.8, 4) is 0 Å². The molecular weight excluding hydrogens is 244 g/mol. The molecule has 1 fully saturated rings. The molecule has 1 atom stereocenters. The molecule has 0 aromatic heterocycles. The zero-order valence-electron chi connectivity index (χ0n) is 10.4. The van der Waals surface area contributed by atoms with Crippen LogP contribution in [-0.2, 0) is 15.0 Å². The first-order valence-corrected chi connectivity index (χ1v) is 7.02. The van der Waals surface area contributed by atoms with Gasteiger partial charge in [-0.05, 0) is 17.8 Å². The fourth-order valence-electron chi connectivity index (χ4n) is 1.61. The Morgan fingerprint density at radius 3 is 2.47 bits per heavy atom. The summed E-state index contributed by atoms with van der Waals surface area (Å²) >= 11 is 0. The number of carboxylic acid groups (broad SMARTS) is 1. The molecule has 0 radical (unpaired) electrons. The van der Waals surface area contributed by atoms with Crippen LogP contribution < -0.4 is 4.72 Å². The lowest BCUT2D eigenvalue weighted by Crippen LogP contribution is -2.40. The largest absolute Gasteiger partial charge is 0.481 e. The molecule has 0 aromatic carbocycles. The summed E-state index contributed by atoms with van der Waals surface area (Å²) in [6, 6.07) is 0. The van der Waals surface area contributed by atoms with Gasteiger partial charge in [-0.3, -0.25) is 4.79 Å². The predicted octanol–water partition coefficient (Wildman–Crippen LogP) is 0.273. The van der Waals surface area contributed by atoms with E-state index in [1.54, 1.807) is 0 Å². The van der Waals surface area contributed by atoms with E-state index in [2.05, 4.69) is 18.6 Å². The third-order valence-electron chi connectivity index (χ3n) is 3.28. The van der Waals surface area contributed by atoms with Gasteiger partial charge in [0.15, 0.2) is 0 Å². The van der Waals surface area contributed by atoms with Crippen molar-refractivity contribution in [2.75, 3.05) is 20.1 Å². The molecule has 2 N–H and O–H groups in total. The van der Waals surface area contributed by atoms with E-state index in [4.69, 9.17) is 5.11 Å². The summed E-state index contributed by atoms with van der Waals surface area (Å²) in [5.74, 6) is -0.625. The van der Waals surface area contributed by atoms with Gasteiger partial charge in [0, 0.05) is 20.1 Å². The smallest absolute Gasteiger partial charge is 0.304 e. The molecule has 100 valence electrons. The number of nitrogens with one attached hydrogen (secondary N) is 1. The molecule has 7 heteroatoms. The Morgan fingerprint density at radius 1 is 1.53 bits per heavy atom. The molecule has 1 aliphatic carbocycles. The predicted molar refractivity (Wildman–Crippen MR) is 63.7 cm³/mol. The fourth-order valence-corrected chi connectivity index (χ4v) is 2.58. The second kappa shape index (κ2) is 4.91. The first-order valence-electron chi connectivity index (χ1n) is 5.58. The van der Waals surface area contributed by atoms with Crippen LogP contribution in [0.15, 0.2) is 0 Å². The van der Waals surface area contributed by atoms with Gasteiger partial charge in [0.05, 0.1) is 6.42 Å². The number of rotatable bonds is 7. The van der Waals surface area contributed by atoms with Crippen LogP contribution in [-0.4, -0.2) is 43.9 Å². The lowest BCUT2D eigenvalue weighted by Gasteiger charge is -2.17. The highest BCUT2D eigenvalue weighted by atomic mass is 32.2. The van der Waals surface area contributed by atoms with Crippen LogP contribution in [0, 0.1) is 11.3 Å². The molecule has 0 heterocycles. The minimum atomic E-state index is -3.54. The standard InChI is InChI=1S/C10H20N2O4S/c1-10(2)6-8(10)7-11-17(15,16)12(3)5-4-9(13)14/h8,11H,4-7H2,1-3H3,(H,13,14). The number of carboxylic acids is 1. The minimum Gasteiger partial charge on any atom is -0.481 e. The summed E-state index contributed by atoms with van der Waals surface area (Å²) in [6.07, 6.45) is 0.834. The van der Waals surface area contributed by atoms with E-state index in [0.29, 0.717) is 12.5 Å². The van der Waals surface area contributed by atoms with E-state index in [1.165, 1.54) is 7.05 Å². The zero-order chi connectivity index (χ0) is 13.3. The summed E-state index contributed by atoms with van der Waals surface area (Å²) in [5, 5.41) is 8.48. The average molecular weight is 264 g/mol. The summed E-state index contributed by atoms with van der Waals surface area (Å²) in [5.41, 5.74) is 0.224. The molecule has 17 heavy (non-hydrogen) atoms. The van der Waals surface area contributed by atoms with Crippen molar-refractivity contribution < 1.29 is 18.3 Å². The Balaban J connectivity index is 2.37. The van der Waals surface area contributed by atoms with Crippen LogP contribution >= 0.6 is 0 Å². The van der Waals surface area contributed by atoms with Gasteiger partial charge < -0.3 is 5.11 Å². The average Bonchev–Trinajstić information content (AvgIpc) is 2.80. The molecule has 6 nitrogen and oxygen atoms in total. The Labute approximate surface area is 102 Å². The highest BCUT2D eigenvalue weighted by Crippen LogP contribution is 2.51. The van der Waals surface area contributed by atoms with E-state index < -0.39 is 16.2 Å². The molecule has 0 amide bonds. The van der Waals surface area contributed by atoms with Crippen molar-refractivity contribution >= 4 is 16.2 Å². The maximum atomic E-state index is 11.7. The topological polar surface area (TPSA) is 86.7 Å². The van der Waals surface area contributed by atoms with E-state index >= 15 is 0 Å². The minimum absolute atomic E-state index is 0.0152. The van der Waals surface area contributed by atoms with Crippen LogP contribution in [0.4, 0.5) is 0 Å². The quantitative estimate of drug-likeness (QED) is 0.691. The molecule has 0 bridgehead atoms. The lowest BCUT2D eigenvalue weighted by atomic mass is 10.1. The molecule has 0 aromatic rings. The molecule has 1 rings (SSSR count). The summed E-state index contributed by atoms with van der Waals surface area (Å²) < 4.78 is 27.0. The maximum absolute atomic E-state index is 11.7. The van der Waals surface area contributed by atoms with Crippen molar-refractivity contribution in [2.24, 2.45) is 11.3 Å². The Hall–Kier alpha value is -0.660. The van der Waals surface area contributed by atoms with Crippen molar-refractivity contribution in [1.29, 1.82) is 0 Å². The maximum Gasteiger partial charge on any atom is 0.304 e. The third kappa shape index (κ3) is 4.25. The summed E-state index contributed by atoms with van der Waals surface area (Å²) in [6.45, 7) is 4.60. The van der Waals surface area contributed by atoms with Gasteiger partial charge >= 0.3 is 5.97 Å².